The highest BCUT2D eigenvalue weighted by Gasteiger charge is 2.46. The van der Waals surface area contributed by atoms with Crippen LogP contribution in [0.15, 0.2) is 66.8 Å². The maximum atomic E-state index is 13.3. The van der Waals surface area contributed by atoms with E-state index in [2.05, 4.69) is 25.3 Å². The van der Waals surface area contributed by atoms with Crippen LogP contribution in [0.2, 0.25) is 0 Å². The zero-order chi connectivity index (χ0) is 26.1. The van der Waals surface area contributed by atoms with Crippen LogP contribution in [0.25, 0.3) is 5.76 Å². The van der Waals surface area contributed by atoms with Crippen molar-refractivity contribution < 1.29 is 24.2 Å². The molecule has 1 saturated heterocycles. The van der Waals surface area contributed by atoms with E-state index < -0.39 is 17.7 Å². The normalized spacial score (nSPS) is 17.0. The molecule has 7 nitrogen and oxygen atoms in total. The van der Waals surface area contributed by atoms with Crippen molar-refractivity contribution in [2.45, 2.75) is 33.2 Å². The van der Waals surface area contributed by atoms with Gasteiger partial charge in [0.1, 0.15) is 23.9 Å². The quantitative estimate of drug-likeness (QED) is 0.187. The second kappa shape index (κ2) is 12.9. The van der Waals surface area contributed by atoms with Crippen LogP contribution in [-0.4, -0.2) is 66.0 Å². The highest BCUT2D eigenvalue weighted by molar-refractivity contribution is 6.46. The largest absolute Gasteiger partial charge is 0.507 e. The molecule has 2 aromatic carbocycles. The molecule has 0 bridgehead atoms. The molecule has 36 heavy (non-hydrogen) atoms. The number of Topliss-reactive ketones (excluding diaryl/α,β-unsaturated/α-hetero) is 1. The second-order valence-electron chi connectivity index (χ2n) is 8.56. The summed E-state index contributed by atoms with van der Waals surface area (Å²) >= 11 is 0. The molecule has 1 heterocycles. The van der Waals surface area contributed by atoms with E-state index in [4.69, 9.17) is 9.47 Å². The van der Waals surface area contributed by atoms with Crippen molar-refractivity contribution in [3.05, 3.63) is 77.9 Å². The molecule has 0 aliphatic carbocycles. The van der Waals surface area contributed by atoms with E-state index in [1.165, 1.54) is 0 Å². The summed E-state index contributed by atoms with van der Waals surface area (Å²) in [6, 6.07) is 13.4. The summed E-state index contributed by atoms with van der Waals surface area (Å²) in [5.41, 5.74) is 1.21. The van der Waals surface area contributed by atoms with Crippen LogP contribution in [0.1, 0.15) is 44.4 Å². The fourth-order valence-electron chi connectivity index (χ4n) is 4.26. The van der Waals surface area contributed by atoms with Crippen molar-refractivity contribution in [1.82, 2.24) is 9.80 Å². The third-order valence-electron chi connectivity index (χ3n) is 6.23. The van der Waals surface area contributed by atoms with Crippen molar-refractivity contribution >= 4 is 17.4 Å². The summed E-state index contributed by atoms with van der Waals surface area (Å²) in [4.78, 5) is 30.2. The highest BCUT2D eigenvalue weighted by atomic mass is 16.5. The number of benzene rings is 2. The Hall–Kier alpha value is -3.58. The van der Waals surface area contributed by atoms with Crippen molar-refractivity contribution in [3.63, 3.8) is 0 Å². The molecule has 192 valence electrons. The summed E-state index contributed by atoms with van der Waals surface area (Å²) in [6.07, 6.45) is 2.53. The maximum Gasteiger partial charge on any atom is 0.295 e. The first kappa shape index (κ1) is 27.0. The number of amides is 1. The van der Waals surface area contributed by atoms with E-state index in [1.807, 2.05) is 25.1 Å². The van der Waals surface area contributed by atoms with Crippen LogP contribution in [0.5, 0.6) is 11.5 Å². The van der Waals surface area contributed by atoms with Gasteiger partial charge in [-0.05, 0) is 61.5 Å². The highest BCUT2D eigenvalue weighted by Crippen LogP contribution is 2.40. The van der Waals surface area contributed by atoms with Gasteiger partial charge in [0.15, 0.2) is 0 Å². The van der Waals surface area contributed by atoms with Crippen molar-refractivity contribution in [2.75, 3.05) is 39.4 Å². The first-order chi connectivity index (χ1) is 17.4. The molecule has 1 fully saturated rings. The Morgan fingerprint density at radius 2 is 1.78 bits per heavy atom. The van der Waals surface area contributed by atoms with Gasteiger partial charge < -0.3 is 24.4 Å². The number of carbonyl (C=O) groups excluding carboxylic acids is 2. The number of aliphatic hydroxyl groups excluding tert-OH is 1. The number of carbonyl (C=O) groups is 2. The Labute approximate surface area is 213 Å². The Morgan fingerprint density at radius 3 is 2.42 bits per heavy atom. The molecule has 7 heteroatoms. The molecular formula is C29H36N2O5. The molecule has 0 saturated carbocycles. The summed E-state index contributed by atoms with van der Waals surface area (Å²) in [6.45, 7) is 13.4. The average molecular weight is 493 g/mol. The van der Waals surface area contributed by atoms with Crippen LogP contribution < -0.4 is 9.47 Å². The van der Waals surface area contributed by atoms with Crippen LogP contribution in [0.3, 0.4) is 0 Å². The minimum Gasteiger partial charge on any atom is -0.507 e. The van der Waals surface area contributed by atoms with Gasteiger partial charge in [0.25, 0.3) is 11.7 Å². The first-order valence-electron chi connectivity index (χ1n) is 12.5. The smallest absolute Gasteiger partial charge is 0.295 e. The maximum absolute atomic E-state index is 13.3. The number of likely N-dealkylation sites (tertiary alicyclic amines) is 1. The molecule has 1 aliphatic rings. The Balaban J connectivity index is 2.05. The molecule has 1 amide bonds. The molecule has 1 atom stereocenters. The molecule has 0 aromatic heterocycles. The van der Waals surface area contributed by atoms with Gasteiger partial charge >= 0.3 is 0 Å². The fourth-order valence-corrected chi connectivity index (χ4v) is 4.26. The SMILES string of the molecule is C=CCOc1cccc([C@H]2C(=C(O)c3ccc(OCCC)cc3)C(=O)C(=O)N2CCN(CC)CC)c1. The van der Waals surface area contributed by atoms with Gasteiger partial charge in [0.05, 0.1) is 18.2 Å². The molecule has 0 spiro atoms. The van der Waals surface area contributed by atoms with Crippen LogP contribution in [-0.2, 0) is 9.59 Å². The van der Waals surface area contributed by atoms with Gasteiger partial charge in [-0.3, -0.25) is 9.59 Å². The molecule has 0 unspecified atom stereocenters. The van der Waals surface area contributed by atoms with Gasteiger partial charge in [-0.1, -0.05) is 45.6 Å². The minimum absolute atomic E-state index is 0.0719. The predicted octanol–water partition coefficient (Wildman–Crippen LogP) is 4.80. The van der Waals surface area contributed by atoms with Crippen molar-refractivity contribution in [2.24, 2.45) is 0 Å². The number of hydrogen-bond donors (Lipinski definition) is 1. The number of ketones is 1. The topological polar surface area (TPSA) is 79.3 Å². The number of hydrogen-bond acceptors (Lipinski definition) is 6. The van der Waals surface area contributed by atoms with E-state index in [9.17, 15) is 14.7 Å². The molecular weight excluding hydrogens is 456 g/mol. The lowest BCUT2D eigenvalue weighted by Gasteiger charge is -2.28. The Morgan fingerprint density at radius 1 is 1.06 bits per heavy atom. The van der Waals surface area contributed by atoms with E-state index in [1.54, 1.807) is 41.3 Å². The van der Waals surface area contributed by atoms with E-state index in [-0.39, 0.29) is 11.3 Å². The zero-order valence-corrected chi connectivity index (χ0v) is 21.4. The van der Waals surface area contributed by atoms with Crippen molar-refractivity contribution in [3.8, 4) is 11.5 Å². The number of aliphatic hydroxyl groups is 1. The van der Waals surface area contributed by atoms with Crippen LogP contribution in [0.4, 0.5) is 0 Å². The molecule has 3 rings (SSSR count). The molecule has 1 N–H and O–H groups in total. The summed E-state index contributed by atoms with van der Waals surface area (Å²) < 4.78 is 11.3. The third-order valence-corrected chi connectivity index (χ3v) is 6.23. The fraction of sp³-hybridized carbons (Fsp3) is 0.379. The predicted molar refractivity (Wildman–Crippen MR) is 141 cm³/mol. The van der Waals surface area contributed by atoms with Gasteiger partial charge in [0, 0.05) is 18.7 Å². The summed E-state index contributed by atoms with van der Waals surface area (Å²) in [5.74, 6) is -0.242. The van der Waals surface area contributed by atoms with E-state index >= 15 is 0 Å². The molecule has 1 aliphatic heterocycles. The van der Waals surface area contributed by atoms with Gasteiger partial charge in [-0.2, -0.15) is 0 Å². The standard InChI is InChI=1S/C29H36N2O5/c1-5-18-35-23-14-12-21(13-15-23)27(32)25-26(22-10-9-11-24(20-22)36-19-6-2)31(29(34)28(25)33)17-16-30(7-3)8-4/h6,9-15,20,26,32H,2,5,7-8,16-19H2,1,3-4H3/t26-/m0/s1. The van der Waals surface area contributed by atoms with Gasteiger partial charge in [0.2, 0.25) is 0 Å². The monoisotopic (exact) mass is 492 g/mol. The number of rotatable bonds is 13. The first-order valence-corrected chi connectivity index (χ1v) is 12.5. The summed E-state index contributed by atoms with van der Waals surface area (Å²) in [7, 11) is 0. The van der Waals surface area contributed by atoms with Gasteiger partial charge in [-0.15, -0.1) is 0 Å². The lowest BCUT2D eigenvalue weighted by atomic mass is 9.95. The number of ether oxygens (including phenoxy) is 2. The van der Waals surface area contributed by atoms with E-state index in [0.717, 1.165) is 19.5 Å². The van der Waals surface area contributed by atoms with Gasteiger partial charge in [-0.25, -0.2) is 0 Å². The molecule has 0 radical (unpaired) electrons. The zero-order valence-electron chi connectivity index (χ0n) is 21.4. The lowest BCUT2D eigenvalue weighted by Crippen LogP contribution is -2.38. The van der Waals surface area contributed by atoms with Crippen molar-refractivity contribution in [1.29, 1.82) is 0 Å². The Bertz CT molecular complexity index is 1090. The van der Waals surface area contributed by atoms with Crippen LogP contribution >= 0.6 is 0 Å². The summed E-state index contributed by atoms with van der Waals surface area (Å²) in [5, 5.41) is 11.3. The second-order valence-corrected chi connectivity index (χ2v) is 8.56. The minimum atomic E-state index is -0.733. The molecule has 2 aromatic rings. The Kier molecular flexibility index (Phi) is 9.70. The average Bonchev–Trinajstić information content (AvgIpc) is 3.16. The lowest BCUT2D eigenvalue weighted by molar-refractivity contribution is -0.140. The number of likely N-dealkylation sites (N-methyl/N-ethyl adjacent to an activating group) is 1. The van der Waals surface area contributed by atoms with Crippen LogP contribution in [0, 0.1) is 0 Å². The third kappa shape index (κ3) is 6.15. The number of nitrogens with zero attached hydrogens (tertiary/aromatic N) is 2. The van der Waals surface area contributed by atoms with E-state index in [0.29, 0.717) is 48.9 Å².